The number of benzene rings is 1. The van der Waals surface area contributed by atoms with Crippen molar-refractivity contribution in [2.45, 2.75) is 0 Å². The SMILES string of the molecule is CSNc1cccc(N(SC)SC)c1. The predicted molar refractivity (Wildman–Crippen MR) is 73.1 cm³/mol. The molecule has 0 unspecified atom stereocenters. The van der Waals surface area contributed by atoms with E-state index in [0.29, 0.717) is 0 Å². The Hall–Kier alpha value is -0.130. The van der Waals surface area contributed by atoms with E-state index in [1.807, 2.05) is 6.26 Å². The summed E-state index contributed by atoms with van der Waals surface area (Å²) in [7, 11) is 0. The molecule has 0 spiro atoms. The minimum absolute atomic E-state index is 1.14. The number of anilines is 2. The van der Waals surface area contributed by atoms with Gasteiger partial charge in [0.05, 0.1) is 5.69 Å². The van der Waals surface area contributed by atoms with Crippen molar-refractivity contribution in [3.05, 3.63) is 24.3 Å². The van der Waals surface area contributed by atoms with Crippen LogP contribution >= 0.6 is 35.8 Å². The van der Waals surface area contributed by atoms with Crippen molar-refractivity contribution in [1.29, 1.82) is 0 Å². The van der Waals surface area contributed by atoms with Crippen molar-refractivity contribution in [1.82, 2.24) is 0 Å². The zero-order valence-electron chi connectivity index (χ0n) is 8.48. The molecule has 1 rings (SSSR count). The Bertz CT molecular complexity index is 277. The third-order valence-corrected chi connectivity index (χ3v) is 4.03. The second kappa shape index (κ2) is 6.37. The molecule has 0 bridgehead atoms. The highest BCUT2D eigenvalue weighted by Crippen LogP contribution is 2.29. The Morgan fingerprint density at radius 2 is 1.86 bits per heavy atom. The fraction of sp³-hybridized carbons (Fsp3) is 0.333. The first-order valence-electron chi connectivity index (χ1n) is 4.09. The van der Waals surface area contributed by atoms with Crippen LogP contribution in [0.2, 0.25) is 0 Å². The fourth-order valence-corrected chi connectivity index (χ4v) is 2.69. The summed E-state index contributed by atoms with van der Waals surface area (Å²) >= 11 is 5.03. The summed E-state index contributed by atoms with van der Waals surface area (Å²) in [6, 6.07) is 8.38. The molecule has 0 radical (unpaired) electrons. The summed E-state index contributed by atoms with van der Waals surface area (Å²) in [4.78, 5) is 0. The Morgan fingerprint density at radius 3 is 2.43 bits per heavy atom. The third kappa shape index (κ3) is 3.22. The van der Waals surface area contributed by atoms with Crippen molar-refractivity contribution in [3.63, 3.8) is 0 Å². The molecule has 78 valence electrons. The fourth-order valence-electron chi connectivity index (χ4n) is 1.09. The Balaban J connectivity index is 2.81. The van der Waals surface area contributed by atoms with Crippen LogP contribution in [-0.4, -0.2) is 18.8 Å². The molecule has 2 nitrogen and oxygen atoms in total. The zero-order valence-corrected chi connectivity index (χ0v) is 10.9. The topological polar surface area (TPSA) is 15.3 Å². The van der Waals surface area contributed by atoms with E-state index in [2.05, 4.69) is 45.2 Å². The first kappa shape index (κ1) is 11.9. The maximum absolute atomic E-state index is 3.22. The second-order valence-electron chi connectivity index (χ2n) is 2.48. The molecule has 0 saturated heterocycles. The average Bonchev–Trinajstić information content (AvgIpc) is 2.21. The molecular formula is C9H14N2S3. The van der Waals surface area contributed by atoms with Gasteiger partial charge in [0.2, 0.25) is 0 Å². The highest BCUT2D eigenvalue weighted by molar-refractivity contribution is 8.17. The van der Waals surface area contributed by atoms with E-state index >= 15 is 0 Å². The maximum Gasteiger partial charge on any atom is 0.0615 e. The van der Waals surface area contributed by atoms with E-state index in [-0.39, 0.29) is 0 Å². The molecule has 0 aliphatic carbocycles. The van der Waals surface area contributed by atoms with Crippen molar-refractivity contribution >= 4 is 47.2 Å². The molecule has 14 heavy (non-hydrogen) atoms. The Labute approximate surface area is 98.6 Å². The summed E-state index contributed by atoms with van der Waals surface area (Å²) in [5.74, 6) is 0. The minimum atomic E-state index is 1.14. The largest absolute Gasteiger partial charge is 0.330 e. The quantitative estimate of drug-likeness (QED) is 0.794. The van der Waals surface area contributed by atoms with Gasteiger partial charge in [0.1, 0.15) is 0 Å². The minimum Gasteiger partial charge on any atom is -0.330 e. The lowest BCUT2D eigenvalue weighted by Gasteiger charge is -2.18. The lowest BCUT2D eigenvalue weighted by Crippen LogP contribution is -2.01. The molecule has 1 aromatic carbocycles. The molecule has 1 N–H and O–H groups in total. The Kier molecular flexibility index (Phi) is 5.44. The molecule has 0 aromatic heterocycles. The third-order valence-electron chi connectivity index (χ3n) is 1.61. The summed E-state index contributed by atoms with van der Waals surface area (Å²) in [6.07, 6.45) is 6.17. The van der Waals surface area contributed by atoms with Crippen molar-refractivity contribution < 1.29 is 0 Å². The first-order chi connectivity index (χ1) is 6.81. The van der Waals surface area contributed by atoms with Crippen LogP contribution in [0.1, 0.15) is 0 Å². The smallest absolute Gasteiger partial charge is 0.0615 e. The van der Waals surface area contributed by atoms with E-state index in [0.717, 1.165) is 5.69 Å². The van der Waals surface area contributed by atoms with Crippen LogP contribution in [0.25, 0.3) is 0 Å². The number of hydrogen-bond acceptors (Lipinski definition) is 5. The summed E-state index contributed by atoms with van der Waals surface area (Å²) < 4.78 is 5.39. The van der Waals surface area contributed by atoms with Gasteiger partial charge < -0.3 is 4.72 Å². The van der Waals surface area contributed by atoms with Crippen LogP contribution in [0.15, 0.2) is 24.3 Å². The van der Waals surface area contributed by atoms with Gasteiger partial charge in [0.15, 0.2) is 0 Å². The number of rotatable bonds is 5. The molecule has 1 aromatic rings. The van der Waals surface area contributed by atoms with Gasteiger partial charge in [-0.1, -0.05) is 18.0 Å². The van der Waals surface area contributed by atoms with Gasteiger partial charge in [0.25, 0.3) is 0 Å². The summed E-state index contributed by atoms with van der Waals surface area (Å²) in [5.41, 5.74) is 2.35. The normalized spacial score (nSPS) is 9.93. The van der Waals surface area contributed by atoms with Crippen LogP contribution in [0.4, 0.5) is 11.4 Å². The molecule has 0 heterocycles. The number of nitrogens with one attached hydrogen (secondary N) is 1. The van der Waals surface area contributed by atoms with Gasteiger partial charge in [-0.2, -0.15) is 0 Å². The zero-order chi connectivity index (χ0) is 10.4. The van der Waals surface area contributed by atoms with Crippen LogP contribution in [0.5, 0.6) is 0 Å². The molecule has 0 fully saturated rings. The van der Waals surface area contributed by atoms with Gasteiger partial charge in [0, 0.05) is 24.5 Å². The molecular weight excluding hydrogens is 232 g/mol. The van der Waals surface area contributed by atoms with Gasteiger partial charge in [-0.3, -0.25) is 3.71 Å². The van der Waals surface area contributed by atoms with Crippen LogP contribution in [-0.2, 0) is 0 Å². The van der Waals surface area contributed by atoms with Crippen molar-refractivity contribution in [2.75, 3.05) is 27.2 Å². The van der Waals surface area contributed by atoms with Crippen LogP contribution < -0.4 is 8.43 Å². The molecule has 0 atom stereocenters. The van der Waals surface area contributed by atoms with E-state index in [1.165, 1.54) is 5.69 Å². The van der Waals surface area contributed by atoms with E-state index in [4.69, 9.17) is 0 Å². The van der Waals surface area contributed by atoms with Gasteiger partial charge in [-0.25, -0.2) is 0 Å². The number of nitrogens with zero attached hydrogens (tertiary/aromatic N) is 1. The second-order valence-corrected chi connectivity index (χ2v) is 4.78. The predicted octanol–water partition coefficient (Wildman–Crippen LogP) is 3.74. The van der Waals surface area contributed by atoms with Gasteiger partial charge >= 0.3 is 0 Å². The van der Waals surface area contributed by atoms with E-state index in [9.17, 15) is 0 Å². The van der Waals surface area contributed by atoms with Crippen molar-refractivity contribution in [3.8, 4) is 0 Å². The lowest BCUT2D eigenvalue weighted by molar-refractivity contribution is 1.60. The van der Waals surface area contributed by atoms with Crippen LogP contribution in [0.3, 0.4) is 0 Å². The van der Waals surface area contributed by atoms with E-state index < -0.39 is 0 Å². The lowest BCUT2D eigenvalue weighted by atomic mass is 10.3. The Morgan fingerprint density at radius 1 is 1.14 bits per heavy atom. The molecule has 0 aliphatic rings. The molecule has 0 amide bonds. The first-order valence-corrected chi connectivity index (χ1v) is 7.68. The molecule has 5 heteroatoms. The monoisotopic (exact) mass is 246 g/mol. The summed E-state index contributed by atoms with van der Waals surface area (Å²) in [5, 5.41) is 0. The standard InChI is InChI=1S/C9H14N2S3/c1-12-10-8-5-4-6-9(7-8)11(13-2)14-3/h4-7,10H,1-3H3. The van der Waals surface area contributed by atoms with Crippen molar-refractivity contribution in [2.24, 2.45) is 0 Å². The van der Waals surface area contributed by atoms with Gasteiger partial charge in [-0.05, 0) is 42.1 Å². The van der Waals surface area contributed by atoms with Crippen LogP contribution in [0, 0.1) is 0 Å². The average molecular weight is 246 g/mol. The van der Waals surface area contributed by atoms with E-state index in [1.54, 1.807) is 35.8 Å². The summed E-state index contributed by atoms with van der Waals surface area (Å²) in [6.45, 7) is 0. The maximum atomic E-state index is 3.22. The highest BCUT2D eigenvalue weighted by Gasteiger charge is 2.03. The molecule has 0 saturated carbocycles. The highest BCUT2D eigenvalue weighted by atomic mass is 32.2. The van der Waals surface area contributed by atoms with Gasteiger partial charge in [-0.15, -0.1) is 0 Å². The number of hydrogen-bond donors (Lipinski definition) is 1. The molecule has 0 aliphatic heterocycles.